The van der Waals surface area contributed by atoms with Crippen molar-refractivity contribution in [3.05, 3.63) is 48.5 Å². The number of fused-ring (bicyclic) bond motifs is 1. The molecule has 1 aliphatic rings. The van der Waals surface area contributed by atoms with Crippen LogP contribution in [0.4, 0.5) is 5.82 Å². The molecule has 9 heteroatoms. The number of benzene rings is 1. The summed E-state index contributed by atoms with van der Waals surface area (Å²) in [4.78, 5) is 13.0. The number of hydrogen-bond acceptors (Lipinski definition) is 8. The summed E-state index contributed by atoms with van der Waals surface area (Å²) < 4.78 is 7.24. The molecule has 29 heavy (non-hydrogen) atoms. The van der Waals surface area contributed by atoms with Crippen molar-refractivity contribution in [1.29, 1.82) is 0 Å². The number of aliphatic hydroxyl groups excluding tert-OH is 2. The number of nitrogens with zero attached hydrogens (tertiary/aromatic N) is 4. The van der Waals surface area contributed by atoms with Crippen LogP contribution in [0.5, 0.6) is 0 Å². The van der Waals surface area contributed by atoms with Gasteiger partial charge in [0.15, 0.2) is 23.2 Å². The summed E-state index contributed by atoms with van der Waals surface area (Å²) in [7, 11) is 0. The second-order valence-electron chi connectivity index (χ2n) is 7.62. The number of rotatable bonds is 6. The van der Waals surface area contributed by atoms with Crippen molar-refractivity contribution in [2.75, 3.05) is 18.5 Å². The predicted octanol–water partition coefficient (Wildman–Crippen LogP) is 1.04. The Balaban J connectivity index is 1.59. The summed E-state index contributed by atoms with van der Waals surface area (Å²) in [6.07, 6.45) is -0.151. The zero-order chi connectivity index (χ0) is 20.6. The fourth-order valence-electron chi connectivity index (χ4n) is 3.69. The maximum atomic E-state index is 10.7. The minimum Gasteiger partial charge on any atom is -0.394 e. The first-order valence-corrected chi connectivity index (χ1v) is 9.56. The highest BCUT2D eigenvalue weighted by atomic mass is 16.6. The Bertz CT molecular complexity index is 977. The number of hydrogen-bond donors (Lipinski definition) is 4. The predicted molar refractivity (Wildman–Crippen MR) is 106 cm³/mol. The van der Waals surface area contributed by atoms with E-state index in [2.05, 4.69) is 39.3 Å². The molecule has 5 atom stereocenters. The normalized spacial score (nSPS) is 28.0. The van der Waals surface area contributed by atoms with Gasteiger partial charge >= 0.3 is 0 Å². The summed E-state index contributed by atoms with van der Waals surface area (Å²) in [6, 6.07) is 10.2. The van der Waals surface area contributed by atoms with Crippen molar-refractivity contribution >= 4 is 17.0 Å². The average Bonchev–Trinajstić information content (AvgIpc) is 3.26. The van der Waals surface area contributed by atoms with Crippen molar-refractivity contribution in [2.45, 2.75) is 43.8 Å². The second kappa shape index (κ2) is 7.68. The molecule has 1 aliphatic heterocycles. The van der Waals surface area contributed by atoms with E-state index in [1.807, 2.05) is 18.2 Å². The first kappa shape index (κ1) is 19.7. The maximum absolute atomic E-state index is 10.7. The van der Waals surface area contributed by atoms with Crippen LogP contribution in [0.3, 0.4) is 0 Å². The van der Waals surface area contributed by atoms with Gasteiger partial charge in [-0.15, -0.1) is 0 Å². The van der Waals surface area contributed by atoms with E-state index in [0.29, 0.717) is 23.5 Å². The van der Waals surface area contributed by atoms with Crippen molar-refractivity contribution in [3.63, 3.8) is 0 Å². The average molecular weight is 399 g/mol. The summed E-state index contributed by atoms with van der Waals surface area (Å²) in [5.74, 6) is 0.844. The minimum absolute atomic E-state index is 0.266. The van der Waals surface area contributed by atoms with Gasteiger partial charge in [0.25, 0.3) is 0 Å². The monoisotopic (exact) mass is 399 g/mol. The molecule has 4 N–H and O–H groups in total. The van der Waals surface area contributed by atoms with Gasteiger partial charge in [-0.25, -0.2) is 15.0 Å². The van der Waals surface area contributed by atoms with E-state index in [0.717, 1.165) is 0 Å². The second-order valence-corrected chi connectivity index (χ2v) is 7.62. The van der Waals surface area contributed by atoms with Crippen LogP contribution < -0.4 is 5.32 Å². The van der Waals surface area contributed by atoms with Crippen LogP contribution in [-0.2, 0) is 4.74 Å². The highest BCUT2D eigenvalue weighted by Gasteiger charge is 2.53. The maximum Gasteiger partial charge on any atom is 0.168 e. The smallest absolute Gasteiger partial charge is 0.168 e. The first-order chi connectivity index (χ1) is 13.9. The molecule has 1 aromatic carbocycles. The molecule has 1 saturated heterocycles. The summed E-state index contributed by atoms with van der Waals surface area (Å²) in [6.45, 7) is 3.84. The molecule has 5 unspecified atom stereocenters. The van der Waals surface area contributed by atoms with E-state index in [1.165, 1.54) is 25.1 Å². The summed E-state index contributed by atoms with van der Waals surface area (Å²) >= 11 is 0. The number of ether oxygens (including phenoxy) is 1. The molecule has 3 aromatic rings. The highest BCUT2D eigenvalue weighted by Crippen LogP contribution is 2.39. The molecular weight excluding hydrogens is 374 g/mol. The van der Waals surface area contributed by atoms with Crippen LogP contribution in [0.1, 0.15) is 31.6 Å². The van der Waals surface area contributed by atoms with E-state index < -0.39 is 30.6 Å². The van der Waals surface area contributed by atoms with Crippen LogP contribution in [-0.4, -0.2) is 65.8 Å². The molecule has 2 aromatic heterocycles. The van der Waals surface area contributed by atoms with Crippen LogP contribution >= 0.6 is 0 Å². The molecule has 9 nitrogen and oxygen atoms in total. The SMILES string of the molecule is CC(CNc1ncnc2c1ncn2C1OC(CO)C(O)C1(C)O)c1ccccc1. The summed E-state index contributed by atoms with van der Waals surface area (Å²) in [5.41, 5.74) is 0.608. The number of aromatic nitrogens is 4. The lowest BCUT2D eigenvalue weighted by Gasteiger charge is -2.27. The molecule has 4 rings (SSSR count). The zero-order valence-electron chi connectivity index (χ0n) is 16.3. The first-order valence-electron chi connectivity index (χ1n) is 9.56. The largest absolute Gasteiger partial charge is 0.394 e. The van der Waals surface area contributed by atoms with Gasteiger partial charge in [-0.3, -0.25) is 4.57 Å². The Morgan fingerprint density at radius 1 is 1.24 bits per heavy atom. The Kier molecular flexibility index (Phi) is 5.22. The standard InChI is InChI=1S/C20H25N5O4/c1-12(13-6-4-3-5-7-13)8-21-17-15-18(23-10-22-17)25(11-24-15)19-20(2,28)16(27)14(9-26)29-19/h3-7,10-12,14,16,19,26-28H,8-9H2,1-2H3,(H,21,22,23). The topological polar surface area (TPSA) is 126 Å². The lowest BCUT2D eigenvalue weighted by atomic mass is 9.96. The van der Waals surface area contributed by atoms with Crippen LogP contribution in [0.15, 0.2) is 43.0 Å². The van der Waals surface area contributed by atoms with Crippen LogP contribution in [0.2, 0.25) is 0 Å². The molecular formula is C20H25N5O4. The number of nitrogens with one attached hydrogen (secondary N) is 1. The van der Waals surface area contributed by atoms with Gasteiger partial charge in [0, 0.05) is 6.54 Å². The molecule has 0 bridgehead atoms. The van der Waals surface area contributed by atoms with Gasteiger partial charge < -0.3 is 25.4 Å². The van der Waals surface area contributed by atoms with Gasteiger partial charge in [-0.05, 0) is 18.4 Å². The van der Waals surface area contributed by atoms with E-state index in [4.69, 9.17) is 4.74 Å². The Morgan fingerprint density at radius 2 is 2.00 bits per heavy atom. The minimum atomic E-state index is -1.61. The van der Waals surface area contributed by atoms with Gasteiger partial charge in [-0.2, -0.15) is 0 Å². The molecule has 0 aliphatic carbocycles. The molecule has 1 fully saturated rings. The van der Waals surface area contributed by atoms with Crippen molar-refractivity contribution in [3.8, 4) is 0 Å². The van der Waals surface area contributed by atoms with Gasteiger partial charge in [0.2, 0.25) is 0 Å². The molecule has 154 valence electrons. The zero-order valence-corrected chi connectivity index (χ0v) is 16.3. The quantitative estimate of drug-likeness (QED) is 0.485. The fraction of sp³-hybridized carbons (Fsp3) is 0.450. The van der Waals surface area contributed by atoms with E-state index >= 15 is 0 Å². The Labute approximate surface area is 168 Å². The lowest BCUT2D eigenvalue weighted by molar-refractivity contribution is -0.0950. The van der Waals surface area contributed by atoms with Crippen molar-refractivity contribution < 1.29 is 20.1 Å². The number of aliphatic hydroxyl groups is 3. The Hall–Kier alpha value is -2.59. The molecule has 0 radical (unpaired) electrons. The van der Waals surface area contributed by atoms with Crippen molar-refractivity contribution in [2.24, 2.45) is 0 Å². The molecule has 3 heterocycles. The third-order valence-corrected chi connectivity index (χ3v) is 5.49. The van der Waals surface area contributed by atoms with Crippen LogP contribution in [0, 0.1) is 0 Å². The van der Waals surface area contributed by atoms with Gasteiger partial charge in [0.05, 0.1) is 12.9 Å². The van der Waals surface area contributed by atoms with Gasteiger partial charge in [-0.1, -0.05) is 37.3 Å². The summed E-state index contributed by atoms with van der Waals surface area (Å²) in [5, 5.41) is 33.7. The van der Waals surface area contributed by atoms with Crippen molar-refractivity contribution in [1.82, 2.24) is 19.5 Å². The fourth-order valence-corrected chi connectivity index (χ4v) is 3.69. The van der Waals surface area contributed by atoms with E-state index in [-0.39, 0.29) is 5.92 Å². The van der Waals surface area contributed by atoms with E-state index in [1.54, 1.807) is 4.57 Å². The molecule has 0 saturated carbocycles. The van der Waals surface area contributed by atoms with Crippen LogP contribution in [0.25, 0.3) is 11.2 Å². The van der Waals surface area contributed by atoms with Gasteiger partial charge in [0.1, 0.15) is 24.1 Å². The third kappa shape index (κ3) is 3.46. The third-order valence-electron chi connectivity index (χ3n) is 5.49. The lowest BCUT2D eigenvalue weighted by Crippen LogP contribution is -2.44. The highest BCUT2D eigenvalue weighted by molar-refractivity contribution is 5.82. The number of anilines is 1. The number of imidazole rings is 1. The Morgan fingerprint density at radius 3 is 2.69 bits per heavy atom. The molecule has 0 spiro atoms. The van der Waals surface area contributed by atoms with E-state index in [9.17, 15) is 15.3 Å². The molecule has 0 amide bonds.